The lowest BCUT2D eigenvalue weighted by atomic mass is 10.1. The zero-order valence-electron chi connectivity index (χ0n) is 23.7. The van der Waals surface area contributed by atoms with E-state index < -0.39 is 28.5 Å². The first-order valence-electron chi connectivity index (χ1n) is 13.4. The predicted molar refractivity (Wildman–Crippen MR) is 161 cm³/mol. The molecule has 7 nitrogen and oxygen atoms in total. The molecule has 1 unspecified atom stereocenters. The van der Waals surface area contributed by atoms with Crippen LogP contribution in [0, 0.1) is 19.8 Å². The molecule has 0 bridgehead atoms. The monoisotopic (exact) mass is 583 g/mol. The summed E-state index contributed by atoms with van der Waals surface area (Å²) in [6.07, 6.45) is 0.368. The summed E-state index contributed by atoms with van der Waals surface area (Å²) in [6, 6.07) is 19.9. The number of hydrogen-bond donors (Lipinski definition) is 1. The molecule has 3 aromatic carbocycles. The van der Waals surface area contributed by atoms with Crippen LogP contribution in [0.25, 0.3) is 0 Å². The summed E-state index contributed by atoms with van der Waals surface area (Å²) < 4.78 is 29.1. The Balaban J connectivity index is 2.06. The number of aryl methyl sites for hydroxylation is 2. The maximum absolute atomic E-state index is 14.1. The van der Waals surface area contributed by atoms with E-state index in [0.29, 0.717) is 29.2 Å². The lowest BCUT2D eigenvalue weighted by Crippen LogP contribution is -2.52. The van der Waals surface area contributed by atoms with Crippen molar-refractivity contribution < 1.29 is 18.0 Å². The van der Waals surface area contributed by atoms with Crippen LogP contribution in [-0.2, 0) is 26.2 Å². The number of anilines is 1. The highest BCUT2D eigenvalue weighted by Crippen LogP contribution is 2.29. The molecule has 1 N–H and O–H groups in total. The fourth-order valence-electron chi connectivity index (χ4n) is 4.37. The highest BCUT2D eigenvalue weighted by molar-refractivity contribution is 7.92. The van der Waals surface area contributed by atoms with Crippen LogP contribution in [0.4, 0.5) is 5.69 Å². The van der Waals surface area contributed by atoms with Crippen molar-refractivity contribution in [3.63, 3.8) is 0 Å². The Morgan fingerprint density at radius 2 is 1.60 bits per heavy atom. The number of carbonyl (C=O) groups excluding carboxylic acids is 2. The summed E-state index contributed by atoms with van der Waals surface area (Å²) in [5.41, 5.74) is 2.70. The number of nitrogens with zero attached hydrogens (tertiary/aromatic N) is 2. The van der Waals surface area contributed by atoms with E-state index in [-0.39, 0.29) is 23.3 Å². The van der Waals surface area contributed by atoms with Crippen LogP contribution in [0.5, 0.6) is 0 Å². The number of nitrogens with one attached hydrogen (secondary N) is 1. The largest absolute Gasteiger partial charge is 0.354 e. The Morgan fingerprint density at radius 1 is 0.950 bits per heavy atom. The standard InChI is InChI=1S/C31H38ClN3O4S/c1-6-28(31(37)33-19-22(2)3)34(20-25-10-8-7-9-11-25)30(36)21-35(29-17-14-26(32)18-24(29)5)40(38,39)27-15-12-23(4)13-16-27/h7-18,22,28H,6,19-21H2,1-5H3,(H,33,37). The minimum atomic E-state index is -4.14. The van der Waals surface area contributed by atoms with Crippen LogP contribution < -0.4 is 9.62 Å². The molecule has 0 spiro atoms. The number of benzene rings is 3. The van der Waals surface area contributed by atoms with Gasteiger partial charge in [-0.2, -0.15) is 0 Å². The van der Waals surface area contributed by atoms with Gasteiger partial charge in [0, 0.05) is 18.1 Å². The van der Waals surface area contributed by atoms with Crippen molar-refractivity contribution in [1.29, 1.82) is 0 Å². The first-order chi connectivity index (χ1) is 18.9. The van der Waals surface area contributed by atoms with Crippen molar-refractivity contribution in [2.24, 2.45) is 5.92 Å². The molecule has 3 aromatic rings. The molecule has 0 saturated carbocycles. The molecule has 0 aliphatic carbocycles. The fraction of sp³-hybridized carbons (Fsp3) is 0.355. The molecule has 3 rings (SSSR count). The highest BCUT2D eigenvalue weighted by atomic mass is 35.5. The molecule has 0 aromatic heterocycles. The summed E-state index contributed by atoms with van der Waals surface area (Å²) in [4.78, 5) is 28.9. The average molecular weight is 584 g/mol. The smallest absolute Gasteiger partial charge is 0.264 e. The van der Waals surface area contributed by atoms with E-state index in [4.69, 9.17) is 11.6 Å². The molecular weight excluding hydrogens is 546 g/mol. The van der Waals surface area contributed by atoms with E-state index in [1.165, 1.54) is 17.0 Å². The van der Waals surface area contributed by atoms with Gasteiger partial charge in [-0.1, -0.05) is 80.4 Å². The Kier molecular flexibility index (Phi) is 10.8. The number of halogens is 1. The average Bonchev–Trinajstić information content (AvgIpc) is 2.91. The first-order valence-corrected chi connectivity index (χ1v) is 15.2. The lowest BCUT2D eigenvalue weighted by molar-refractivity contribution is -0.140. The van der Waals surface area contributed by atoms with Gasteiger partial charge in [-0.15, -0.1) is 0 Å². The van der Waals surface area contributed by atoms with Gasteiger partial charge in [-0.05, 0) is 67.6 Å². The zero-order chi connectivity index (χ0) is 29.4. The van der Waals surface area contributed by atoms with Gasteiger partial charge in [0.15, 0.2) is 0 Å². The molecule has 0 radical (unpaired) electrons. The molecule has 0 aliphatic rings. The quantitative estimate of drug-likeness (QED) is 0.295. The van der Waals surface area contributed by atoms with Gasteiger partial charge in [0.2, 0.25) is 11.8 Å². The Hall–Kier alpha value is -3.36. The van der Waals surface area contributed by atoms with Gasteiger partial charge in [0.25, 0.3) is 10.0 Å². The van der Waals surface area contributed by atoms with Gasteiger partial charge in [0.1, 0.15) is 12.6 Å². The molecule has 0 aliphatic heterocycles. The van der Waals surface area contributed by atoms with Crippen molar-refractivity contribution in [1.82, 2.24) is 10.2 Å². The third-order valence-corrected chi connectivity index (χ3v) is 8.59. The minimum absolute atomic E-state index is 0.0663. The third kappa shape index (κ3) is 7.86. The van der Waals surface area contributed by atoms with Gasteiger partial charge < -0.3 is 10.2 Å². The van der Waals surface area contributed by atoms with E-state index in [9.17, 15) is 18.0 Å². The topological polar surface area (TPSA) is 86.8 Å². The number of carbonyl (C=O) groups is 2. The molecule has 0 saturated heterocycles. The Morgan fingerprint density at radius 3 is 2.17 bits per heavy atom. The minimum Gasteiger partial charge on any atom is -0.354 e. The molecule has 9 heteroatoms. The molecule has 214 valence electrons. The Bertz CT molecular complexity index is 1410. The van der Waals surface area contributed by atoms with Crippen LogP contribution in [0.15, 0.2) is 77.7 Å². The third-order valence-electron chi connectivity index (χ3n) is 6.58. The molecule has 1 atom stereocenters. The maximum atomic E-state index is 14.1. The maximum Gasteiger partial charge on any atom is 0.264 e. The summed E-state index contributed by atoms with van der Waals surface area (Å²) in [7, 11) is -4.14. The summed E-state index contributed by atoms with van der Waals surface area (Å²) in [5.74, 6) is -0.515. The number of hydrogen-bond acceptors (Lipinski definition) is 4. The van der Waals surface area contributed by atoms with Crippen molar-refractivity contribution in [3.05, 3.63) is 94.5 Å². The molecule has 40 heavy (non-hydrogen) atoms. The van der Waals surface area contributed by atoms with Crippen molar-refractivity contribution in [2.45, 2.75) is 58.5 Å². The van der Waals surface area contributed by atoms with Crippen LogP contribution in [-0.4, -0.2) is 44.3 Å². The molecule has 2 amide bonds. The van der Waals surface area contributed by atoms with Gasteiger partial charge in [0.05, 0.1) is 10.6 Å². The summed E-state index contributed by atoms with van der Waals surface area (Å²) >= 11 is 6.18. The lowest BCUT2D eigenvalue weighted by Gasteiger charge is -2.33. The van der Waals surface area contributed by atoms with E-state index in [0.717, 1.165) is 15.4 Å². The molecule has 0 fully saturated rings. The molecule has 0 heterocycles. The Labute approximate surface area is 243 Å². The first kappa shape index (κ1) is 31.2. The number of sulfonamides is 1. The van der Waals surface area contributed by atoms with E-state index in [1.54, 1.807) is 37.3 Å². The second kappa shape index (κ2) is 13.8. The predicted octanol–water partition coefficient (Wildman–Crippen LogP) is 5.73. The van der Waals surface area contributed by atoms with Crippen LogP contribution in [0.2, 0.25) is 5.02 Å². The van der Waals surface area contributed by atoms with Gasteiger partial charge in [-0.3, -0.25) is 13.9 Å². The van der Waals surface area contributed by atoms with E-state index in [2.05, 4.69) is 5.32 Å². The van der Waals surface area contributed by atoms with Crippen molar-refractivity contribution >= 4 is 39.1 Å². The summed E-state index contributed by atoms with van der Waals surface area (Å²) in [5, 5.41) is 3.39. The number of amides is 2. The van der Waals surface area contributed by atoms with Crippen LogP contribution in [0.1, 0.15) is 43.9 Å². The molecular formula is C31H38ClN3O4S. The zero-order valence-corrected chi connectivity index (χ0v) is 25.3. The van der Waals surface area contributed by atoms with Gasteiger partial charge >= 0.3 is 0 Å². The van der Waals surface area contributed by atoms with E-state index >= 15 is 0 Å². The normalized spacial score (nSPS) is 12.2. The van der Waals surface area contributed by atoms with E-state index in [1.807, 2.05) is 58.0 Å². The van der Waals surface area contributed by atoms with Crippen LogP contribution >= 0.6 is 11.6 Å². The highest BCUT2D eigenvalue weighted by Gasteiger charge is 2.34. The van der Waals surface area contributed by atoms with Crippen molar-refractivity contribution in [3.8, 4) is 0 Å². The fourth-order valence-corrected chi connectivity index (χ4v) is 6.08. The SMILES string of the molecule is CCC(C(=O)NCC(C)C)N(Cc1ccccc1)C(=O)CN(c1ccc(Cl)cc1C)S(=O)(=O)c1ccc(C)cc1. The van der Waals surface area contributed by atoms with Crippen molar-refractivity contribution in [2.75, 3.05) is 17.4 Å². The van der Waals surface area contributed by atoms with Gasteiger partial charge in [-0.25, -0.2) is 8.42 Å². The number of rotatable bonds is 12. The van der Waals surface area contributed by atoms with Crippen LogP contribution in [0.3, 0.4) is 0 Å². The summed E-state index contributed by atoms with van der Waals surface area (Å²) in [6.45, 7) is 9.60. The second-order valence-corrected chi connectivity index (χ2v) is 12.6. The second-order valence-electron chi connectivity index (χ2n) is 10.3.